The van der Waals surface area contributed by atoms with Crippen LogP contribution in [0.3, 0.4) is 0 Å². The minimum absolute atomic E-state index is 0.0442. The maximum absolute atomic E-state index is 15.2. The average Bonchev–Trinajstić information content (AvgIpc) is 3.19. The number of alkyl halides is 1. The van der Waals surface area contributed by atoms with E-state index < -0.39 is 5.67 Å². The maximum atomic E-state index is 15.2. The van der Waals surface area contributed by atoms with Crippen LogP contribution >= 0.6 is 0 Å². The van der Waals surface area contributed by atoms with Crippen LogP contribution in [0.1, 0.15) is 31.7 Å². The summed E-state index contributed by atoms with van der Waals surface area (Å²) in [7, 11) is 0. The van der Waals surface area contributed by atoms with Gasteiger partial charge in [-0.3, -0.25) is 10.0 Å². The summed E-state index contributed by atoms with van der Waals surface area (Å²) in [5.41, 5.74) is 0.305. The molecule has 5 rings (SSSR count). The Hall–Kier alpha value is -3.07. The number of hydrogen-bond donors (Lipinski definition) is 2. The first-order valence-corrected chi connectivity index (χ1v) is 10.8. The summed E-state index contributed by atoms with van der Waals surface area (Å²) >= 11 is 0. The Morgan fingerprint density at radius 1 is 1.19 bits per heavy atom. The van der Waals surface area contributed by atoms with Crippen LogP contribution in [-0.2, 0) is 4.79 Å². The number of piperidine rings is 2. The van der Waals surface area contributed by atoms with E-state index >= 15 is 4.39 Å². The van der Waals surface area contributed by atoms with Crippen molar-refractivity contribution in [3.8, 4) is 11.5 Å². The van der Waals surface area contributed by atoms with Gasteiger partial charge < -0.3 is 14.8 Å². The lowest BCUT2D eigenvalue weighted by molar-refractivity contribution is -0.896. The van der Waals surface area contributed by atoms with Crippen LogP contribution in [0.4, 0.5) is 4.39 Å². The quantitative estimate of drug-likeness (QED) is 0.494. The van der Waals surface area contributed by atoms with Crippen molar-refractivity contribution in [1.29, 1.82) is 0 Å². The van der Waals surface area contributed by atoms with Crippen molar-refractivity contribution in [2.75, 3.05) is 26.2 Å². The number of carbonyl (C=O) groups excluding carboxylic acids is 1. The Morgan fingerprint density at radius 2 is 1.97 bits per heavy atom. The van der Waals surface area contributed by atoms with Gasteiger partial charge in [-0.15, -0.1) is 0 Å². The number of halogens is 1. The second-order valence-electron chi connectivity index (χ2n) is 8.32. The molecule has 0 aliphatic carbocycles. The van der Waals surface area contributed by atoms with E-state index in [0.29, 0.717) is 50.5 Å². The predicted octanol–water partition coefficient (Wildman–Crippen LogP) is 1.88. The largest absolute Gasteiger partial charge is 0.340 e. The number of amides is 1. The van der Waals surface area contributed by atoms with Crippen molar-refractivity contribution in [3.05, 3.63) is 42.7 Å². The molecule has 0 bridgehead atoms. The highest BCUT2D eigenvalue weighted by molar-refractivity contribution is 5.85. The number of likely N-dealkylation sites (tertiary alicyclic amines) is 1. The first kappa shape index (κ1) is 19.9. The molecule has 0 saturated carbocycles. The fourth-order valence-corrected chi connectivity index (χ4v) is 4.72. The zero-order valence-electron chi connectivity index (χ0n) is 17.2. The number of rotatable bonds is 3. The molecule has 2 fully saturated rings. The molecule has 0 aromatic carbocycles. The molecule has 8 nitrogen and oxygen atoms in total. The number of nitrogens with zero attached hydrogens (tertiary/aromatic N) is 5. The van der Waals surface area contributed by atoms with E-state index in [0.717, 1.165) is 15.9 Å². The zero-order chi connectivity index (χ0) is 21.4. The van der Waals surface area contributed by atoms with Crippen molar-refractivity contribution >= 4 is 17.1 Å². The van der Waals surface area contributed by atoms with Gasteiger partial charge in [0.2, 0.25) is 12.0 Å². The summed E-state index contributed by atoms with van der Waals surface area (Å²) in [6, 6.07) is 9.17. The Bertz CT molecular complexity index is 1100. The van der Waals surface area contributed by atoms with Crippen molar-refractivity contribution < 1.29 is 19.1 Å². The molecule has 2 saturated heterocycles. The Balaban J connectivity index is 1.43. The first-order chi connectivity index (χ1) is 15.1. The van der Waals surface area contributed by atoms with Gasteiger partial charge in [0.15, 0.2) is 11.3 Å². The van der Waals surface area contributed by atoms with Crippen molar-refractivity contribution in [1.82, 2.24) is 24.8 Å². The molecule has 162 valence electrons. The van der Waals surface area contributed by atoms with Gasteiger partial charge >= 0.3 is 0 Å². The van der Waals surface area contributed by atoms with Crippen LogP contribution in [0, 0.1) is 0 Å². The van der Waals surface area contributed by atoms with Gasteiger partial charge in [-0.1, -0.05) is 0 Å². The molecule has 2 aliphatic rings. The van der Waals surface area contributed by atoms with E-state index in [1.807, 2.05) is 18.2 Å². The first-order valence-electron chi connectivity index (χ1n) is 10.8. The van der Waals surface area contributed by atoms with Gasteiger partial charge in [0, 0.05) is 55.0 Å². The third-order valence-corrected chi connectivity index (χ3v) is 6.41. The molecule has 2 aliphatic heterocycles. The van der Waals surface area contributed by atoms with Crippen LogP contribution in [0.15, 0.2) is 42.7 Å². The van der Waals surface area contributed by atoms with Gasteiger partial charge in [0.25, 0.3) is 11.6 Å². The number of fused-ring (bicyclic) bond motifs is 1. The van der Waals surface area contributed by atoms with Gasteiger partial charge in [0.1, 0.15) is 5.52 Å². The maximum Gasteiger partial charge on any atom is 0.299 e. The smallest absolute Gasteiger partial charge is 0.299 e. The number of nitrogens with one attached hydrogen (secondary N) is 1. The second kappa shape index (κ2) is 7.88. The average molecular weight is 425 g/mol. The molecule has 0 radical (unpaired) electrons. The standard InChI is InChI=1S/C22H26FN6O2/c23-22(8-11-24-12-9-22)21(30)27-14-6-16(7-15-27)29-19-17(4-3-10-25-19)26-20(29)18-5-1-2-13-28(18)31/h1-5,10,13,16,24,31H,6-9,11-12,14-15H2/q+1. The molecule has 0 atom stereocenters. The molecule has 0 unspecified atom stereocenters. The SMILES string of the molecule is O=C(N1CCC(n2c(-c3cccc[n+]3O)nc3cccnc32)CC1)C1(F)CCNCC1. The summed E-state index contributed by atoms with van der Waals surface area (Å²) in [6.45, 7) is 2.05. The van der Waals surface area contributed by atoms with E-state index in [2.05, 4.69) is 14.9 Å². The van der Waals surface area contributed by atoms with Crippen LogP contribution in [0.5, 0.6) is 0 Å². The molecule has 5 heterocycles. The molecule has 3 aromatic heterocycles. The fraction of sp³-hybridized carbons (Fsp3) is 0.455. The monoisotopic (exact) mass is 425 g/mol. The molecule has 31 heavy (non-hydrogen) atoms. The van der Waals surface area contributed by atoms with E-state index in [9.17, 15) is 10.0 Å². The number of imidazole rings is 1. The molecule has 0 spiro atoms. The Labute approximate surface area is 179 Å². The van der Waals surface area contributed by atoms with Crippen LogP contribution < -0.4 is 10.0 Å². The second-order valence-corrected chi connectivity index (χ2v) is 8.32. The number of pyridine rings is 2. The third kappa shape index (κ3) is 3.52. The number of aromatic nitrogens is 4. The van der Waals surface area contributed by atoms with Crippen LogP contribution in [0.25, 0.3) is 22.7 Å². The molecule has 3 aromatic rings. The summed E-state index contributed by atoms with van der Waals surface area (Å²) in [4.78, 5) is 23.8. The summed E-state index contributed by atoms with van der Waals surface area (Å²) in [5.74, 6) is 0.249. The highest BCUT2D eigenvalue weighted by Crippen LogP contribution is 2.33. The van der Waals surface area contributed by atoms with E-state index in [1.54, 1.807) is 29.4 Å². The molecule has 2 N–H and O–H groups in total. The minimum atomic E-state index is -1.75. The van der Waals surface area contributed by atoms with Crippen molar-refractivity contribution in [3.63, 3.8) is 0 Å². The van der Waals surface area contributed by atoms with E-state index in [-0.39, 0.29) is 24.8 Å². The highest BCUT2D eigenvalue weighted by Gasteiger charge is 2.43. The van der Waals surface area contributed by atoms with Crippen molar-refractivity contribution in [2.45, 2.75) is 37.4 Å². The summed E-state index contributed by atoms with van der Waals surface area (Å²) in [6.07, 6.45) is 5.10. The summed E-state index contributed by atoms with van der Waals surface area (Å²) in [5, 5.41) is 13.5. The molecular weight excluding hydrogens is 399 g/mol. The predicted molar refractivity (Wildman–Crippen MR) is 111 cm³/mol. The van der Waals surface area contributed by atoms with E-state index in [1.165, 1.54) is 0 Å². The number of hydrogen-bond acceptors (Lipinski definition) is 5. The van der Waals surface area contributed by atoms with Crippen LogP contribution in [0.2, 0.25) is 0 Å². The van der Waals surface area contributed by atoms with Gasteiger partial charge in [-0.25, -0.2) is 14.4 Å². The Morgan fingerprint density at radius 3 is 2.71 bits per heavy atom. The topological polar surface area (TPSA) is 87.2 Å². The summed E-state index contributed by atoms with van der Waals surface area (Å²) < 4.78 is 18.3. The van der Waals surface area contributed by atoms with Gasteiger partial charge in [-0.2, -0.15) is 0 Å². The van der Waals surface area contributed by atoms with E-state index in [4.69, 9.17) is 4.98 Å². The van der Waals surface area contributed by atoms with Gasteiger partial charge in [-0.05, 0) is 44.1 Å². The van der Waals surface area contributed by atoms with Gasteiger partial charge in [0.05, 0.1) is 0 Å². The lowest BCUT2D eigenvalue weighted by Gasteiger charge is -2.38. The minimum Gasteiger partial charge on any atom is -0.340 e. The van der Waals surface area contributed by atoms with Crippen LogP contribution in [-0.4, -0.2) is 62.4 Å². The lowest BCUT2D eigenvalue weighted by atomic mass is 9.91. The normalized spacial score (nSPS) is 19.6. The molecule has 1 amide bonds. The molecule has 9 heteroatoms. The fourth-order valence-electron chi connectivity index (χ4n) is 4.72. The highest BCUT2D eigenvalue weighted by atomic mass is 19.1. The van der Waals surface area contributed by atoms with Crippen molar-refractivity contribution in [2.24, 2.45) is 0 Å². The Kier molecular flexibility index (Phi) is 5.05. The molecular formula is C22H26FN6O2+. The third-order valence-electron chi connectivity index (χ3n) is 6.41. The lowest BCUT2D eigenvalue weighted by Crippen LogP contribution is -2.53. The zero-order valence-corrected chi connectivity index (χ0v) is 17.2. The number of carbonyl (C=O) groups is 1.